The van der Waals surface area contributed by atoms with Crippen LogP contribution in [0.25, 0.3) is 10.6 Å². The summed E-state index contributed by atoms with van der Waals surface area (Å²) in [5.74, 6) is 1.44. The highest BCUT2D eigenvalue weighted by atomic mass is 35.5. The molecule has 9 heteroatoms. The molecule has 0 bridgehead atoms. The molecular weight excluding hydrogens is 443 g/mol. The second kappa shape index (κ2) is 11.5. The molecular formula is C21H26Cl2N4O2S. The highest BCUT2D eigenvalue weighted by Gasteiger charge is 2.25. The second-order valence-electron chi connectivity index (χ2n) is 6.66. The molecule has 162 valence electrons. The number of nitrogens with zero attached hydrogens (tertiary/aromatic N) is 3. The fraction of sp³-hybridized carbons (Fsp3) is 0.333. The average molecular weight is 469 g/mol. The van der Waals surface area contributed by atoms with E-state index in [-0.39, 0.29) is 24.8 Å². The average Bonchev–Trinajstić information content (AvgIpc) is 3.22. The minimum atomic E-state index is 0. The van der Waals surface area contributed by atoms with Gasteiger partial charge in [-0.1, -0.05) is 12.1 Å². The number of pyridine rings is 1. The lowest BCUT2D eigenvalue weighted by Gasteiger charge is -2.35. The number of para-hydroxylation sites is 1. The Hall–Kier alpha value is -1.90. The monoisotopic (exact) mass is 468 g/mol. The highest BCUT2D eigenvalue weighted by Crippen LogP contribution is 2.39. The summed E-state index contributed by atoms with van der Waals surface area (Å²) in [7, 11) is 3.31. The molecule has 1 aliphatic heterocycles. The Morgan fingerprint density at radius 2 is 2.03 bits per heavy atom. The lowest BCUT2D eigenvalue weighted by atomic mass is 10.1. The van der Waals surface area contributed by atoms with Crippen LogP contribution in [0.3, 0.4) is 0 Å². The number of thiazole rings is 1. The molecule has 30 heavy (non-hydrogen) atoms. The van der Waals surface area contributed by atoms with Gasteiger partial charge in [0, 0.05) is 50.0 Å². The molecule has 0 radical (unpaired) electrons. The molecule has 1 atom stereocenters. The maximum atomic E-state index is 5.57. The molecule has 1 N–H and O–H groups in total. The zero-order valence-electron chi connectivity index (χ0n) is 16.9. The van der Waals surface area contributed by atoms with Crippen molar-refractivity contribution in [3.63, 3.8) is 0 Å². The molecule has 0 saturated carbocycles. The van der Waals surface area contributed by atoms with Crippen molar-refractivity contribution in [1.29, 1.82) is 0 Å². The number of halogens is 2. The number of piperazine rings is 1. The number of methoxy groups -OCH3 is 2. The van der Waals surface area contributed by atoms with Crippen LogP contribution < -0.4 is 14.8 Å². The van der Waals surface area contributed by atoms with Crippen LogP contribution >= 0.6 is 36.2 Å². The second-order valence-corrected chi connectivity index (χ2v) is 7.52. The first-order valence-corrected chi connectivity index (χ1v) is 10.2. The molecule has 4 rings (SSSR count). The molecule has 0 aliphatic carbocycles. The number of hydrogen-bond acceptors (Lipinski definition) is 7. The zero-order valence-corrected chi connectivity index (χ0v) is 19.4. The molecule has 0 spiro atoms. The number of aromatic nitrogens is 2. The van der Waals surface area contributed by atoms with E-state index in [9.17, 15) is 0 Å². The van der Waals surface area contributed by atoms with E-state index in [0.717, 1.165) is 53.9 Å². The van der Waals surface area contributed by atoms with Gasteiger partial charge >= 0.3 is 0 Å². The maximum absolute atomic E-state index is 5.57. The van der Waals surface area contributed by atoms with E-state index < -0.39 is 0 Å². The van der Waals surface area contributed by atoms with E-state index in [1.807, 2.05) is 36.7 Å². The lowest BCUT2D eigenvalue weighted by molar-refractivity contribution is 0.152. The molecule has 3 heterocycles. The number of nitrogens with one attached hydrogen (secondary N) is 1. The Balaban J connectivity index is 0.00000160. The first-order chi connectivity index (χ1) is 13.8. The van der Waals surface area contributed by atoms with Crippen molar-refractivity contribution >= 4 is 36.2 Å². The normalized spacial score (nSPS) is 16.3. The van der Waals surface area contributed by atoms with Crippen molar-refractivity contribution in [2.24, 2.45) is 0 Å². The summed E-state index contributed by atoms with van der Waals surface area (Å²) < 4.78 is 11.0. The standard InChI is InChI=1S/C21H24N4O2S.2ClH/c1-26-19-7-3-6-17(20(19)27-2)21-24-16(14-28-21)13-25-10-9-23-12-18(25)15-5-4-8-22-11-15;;/h3-8,11,14,18,23H,9-10,12-13H2,1-2H3;2*1H. The Labute approximate surface area is 193 Å². The van der Waals surface area contributed by atoms with Crippen LogP contribution in [-0.4, -0.2) is 48.7 Å². The van der Waals surface area contributed by atoms with Gasteiger partial charge in [-0.25, -0.2) is 4.98 Å². The van der Waals surface area contributed by atoms with Crippen molar-refractivity contribution in [1.82, 2.24) is 20.2 Å². The third-order valence-corrected chi connectivity index (χ3v) is 5.90. The Kier molecular flexibility index (Phi) is 9.33. The van der Waals surface area contributed by atoms with Gasteiger partial charge in [0.15, 0.2) is 11.5 Å². The first-order valence-electron chi connectivity index (χ1n) is 9.30. The van der Waals surface area contributed by atoms with Crippen LogP contribution in [0.15, 0.2) is 48.1 Å². The van der Waals surface area contributed by atoms with Gasteiger partial charge in [-0.3, -0.25) is 9.88 Å². The molecule has 6 nitrogen and oxygen atoms in total. The molecule has 1 aliphatic rings. The summed E-state index contributed by atoms with van der Waals surface area (Å²) in [6.45, 7) is 3.70. The number of benzene rings is 1. The van der Waals surface area contributed by atoms with E-state index in [2.05, 4.69) is 26.6 Å². The highest BCUT2D eigenvalue weighted by molar-refractivity contribution is 7.13. The number of ether oxygens (including phenoxy) is 2. The predicted octanol–water partition coefficient (Wildman–Crippen LogP) is 4.21. The summed E-state index contributed by atoms with van der Waals surface area (Å²) in [4.78, 5) is 11.6. The van der Waals surface area contributed by atoms with Gasteiger partial charge < -0.3 is 14.8 Å². The molecule has 2 aromatic heterocycles. The van der Waals surface area contributed by atoms with Gasteiger partial charge in [-0.2, -0.15) is 0 Å². The molecule has 0 amide bonds. The van der Waals surface area contributed by atoms with Crippen LogP contribution in [0.5, 0.6) is 11.5 Å². The van der Waals surface area contributed by atoms with Gasteiger partial charge in [0.05, 0.1) is 25.5 Å². The number of rotatable bonds is 6. The van der Waals surface area contributed by atoms with Crippen molar-refractivity contribution in [2.45, 2.75) is 12.6 Å². The van der Waals surface area contributed by atoms with Crippen molar-refractivity contribution < 1.29 is 9.47 Å². The quantitative estimate of drug-likeness (QED) is 0.584. The Morgan fingerprint density at radius 3 is 2.77 bits per heavy atom. The van der Waals surface area contributed by atoms with E-state index in [4.69, 9.17) is 14.5 Å². The third-order valence-electron chi connectivity index (χ3n) is 4.97. The predicted molar refractivity (Wildman–Crippen MR) is 125 cm³/mol. The summed E-state index contributed by atoms with van der Waals surface area (Å²) in [6, 6.07) is 10.3. The van der Waals surface area contributed by atoms with Gasteiger partial charge in [0.2, 0.25) is 0 Å². The minimum absolute atomic E-state index is 0. The van der Waals surface area contributed by atoms with Gasteiger partial charge in [0.1, 0.15) is 5.01 Å². The summed E-state index contributed by atoms with van der Waals surface area (Å²) in [5.41, 5.74) is 3.27. The summed E-state index contributed by atoms with van der Waals surface area (Å²) in [6.07, 6.45) is 3.77. The van der Waals surface area contributed by atoms with E-state index in [1.165, 1.54) is 5.56 Å². The largest absolute Gasteiger partial charge is 0.493 e. The minimum Gasteiger partial charge on any atom is -0.493 e. The third kappa shape index (κ3) is 5.22. The molecule has 1 fully saturated rings. The zero-order chi connectivity index (χ0) is 19.3. The Morgan fingerprint density at radius 1 is 1.17 bits per heavy atom. The van der Waals surface area contributed by atoms with Crippen molar-refractivity contribution in [2.75, 3.05) is 33.9 Å². The van der Waals surface area contributed by atoms with Crippen LogP contribution in [0.1, 0.15) is 17.3 Å². The van der Waals surface area contributed by atoms with E-state index >= 15 is 0 Å². The van der Waals surface area contributed by atoms with Gasteiger partial charge in [-0.15, -0.1) is 36.2 Å². The van der Waals surface area contributed by atoms with Gasteiger partial charge in [0.25, 0.3) is 0 Å². The summed E-state index contributed by atoms with van der Waals surface area (Å²) >= 11 is 1.64. The molecule has 3 aromatic rings. The Bertz CT molecular complexity index is 926. The number of hydrogen-bond donors (Lipinski definition) is 1. The smallest absolute Gasteiger partial charge is 0.170 e. The first kappa shape index (κ1) is 24.4. The van der Waals surface area contributed by atoms with Crippen LogP contribution in [0, 0.1) is 0 Å². The fourth-order valence-corrected chi connectivity index (χ4v) is 4.44. The topological polar surface area (TPSA) is 59.5 Å². The summed E-state index contributed by atoms with van der Waals surface area (Å²) in [5, 5.41) is 6.57. The van der Waals surface area contributed by atoms with Crippen molar-refractivity contribution in [3.8, 4) is 22.1 Å². The van der Waals surface area contributed by atoms with E-state index in [1.54, 1.807) is 25.6 Å². The lowest BCUT2D eigenvalue weighted by Crippen LogP contribution is -2.45. The van der Waals surface area contributed by atoms with Crippen LogP contribution in [0.4, 0.5) is 0 Å². The molecule has 1 aromatic carbocycles. The maximum Gasteiger partial charge on any atom is 0.170 e. The SMILES string of the molecule is COc1cccc(-c2nc(CN3CCNCC3c3cccnc3)cs2)c1OC.Cl.Cl. The molecule has 1 saturated heterocycles. The molecule has 1 unspecified atom stereocenters. The van der Waals surface area contributed by atoms with Crippen molar-refractivity contribution in [3.05, 3.63) is 59.4 Å². The van der Waals surface area contributed by atoms with Crippen LogP contribution in [0.2, 0.25) is 0 Å². The van der Waals surface area contributed by atoms with E-state index in [0.29, 0.717) is 6.04 Å². The van der Waals surface area contributed by atoms with Gasteiger partial charge in [-0.05, 0) is 23.8 Å². The van der Waals surface area contributed by atoms with Crippen LogP contribution in [-0.2, 0) is 6.54 Å². The fourth-order valence-electron chi connectivity index (χ4n) is 3.60.